The maximum absolute atomic E-state index is 14.2. The molecule has 3 aromatic carbocycles. The lowest BCUT2D eigenvalue weighted by Gasteiger charge is -2.26. The van der Waals surface area contributed by atoms with Crippen LogP contribution in [0.1, 0.15) is 80.3 Å². The van der Waals surface area contributed by atoms with Crippen molar-refractivity contribution in [1.82, 2.24) is 4.90 Å². The van der Waals surface area contributed by atoms with Crippen LogP contribution in [0.25, 0.3) is 20.5 Å². The Morgan fingerprint density at radius 1 is 0.761 bits per heavy atom. The summed E-state index contributed by atoms with van der Waals surface area (Å²) in [6.07, 6.45) is 6.18. The van der Waals surface area contributed by atoms with E-state index in [1.165, 1.54) is 30.6 Å². The number of piperidine rings is 1. The molecule has 0 unspecified atom stereocenters. The zero-order valence-corrected chi connectivity index (χ0v) is 28.8. The normalized spacial score (nSPS) is 14.4. The van der Waals surface area contributed by atoms with Crippen molar-refractivity contribution in [3.05, 3.63) is 83.4 Å². The van der Waals surface area contributed by atoms with E-state index in [-0.39, 0.29) is 28.8 Å². The molecular weight excluding hydrogens is 643 g/mol. The highest BCUT2D eigenvalue weighted by atomic mass is 32.2. The standard InChI is InChI=1S/C35H41NO7S3/c1-3-5-22-45(38,39)42-29-16-14-28(15-17-29)35-33(31-19-18-30(24-32(31)44-35)43-46(40,41)23-6-4-2)34(37)27-12-10-26(11-13-27)25-36-20-8-7-9-21-36/h10-19,24H,3-9,20-23,25H2,1-2H3. The predicted molar refractivity (Wildman–Crippen MR) is 185 cm³/mol. The molecule has 0 radical (unpaired) electrons. The van der Waals surface area contributed by atoms with E-state index in [1.807, 2.05) is 38.1 Å². The number of fused-ring (bicyclic) bond motifs is 1. The number of rotatable bonds is 15. The number of hydrogen-bond acceptors (Lipinski definition) is 9. The average molecular weight is 684 g/mol. The van der Waals surface area contributed by atoms with Crippen LogP contribution < -0.4 is 8.37 Å². The fourth-order valence-electron chi connectivity index (χ4n) is 5.52. The summed E-state index contributed by atoms with van der Waals surface area (Å²) in [6, 6.07) is 19.4. The van der Waals surface area contributed by atoms with Crippen LogP contribution in [-0.4, -0.2) is 52.1 Å². The van der Waals surface area contributed by atoms with Gasteiger partial charge in [-0.2, -0.15) is 16.8 Å². The Hall–Kier alpha value is -3.25. The number of thiophene rings is 1. The first-order valence-corrected chi connectivity index (χ1v) is 19.9. The summed E-state index contributed by atoms with van der Waals surface area (Å²) in [5, 5.41) is 0.683. The van der Waals surface area contributed by atoms with Crippen LogP contribution in [0.3, 0.4) is 0 Å². The lowest BCUT2D eigenvalue weighted by atomic mass is 9.96. The second-order valence-electron chi connectivity index (χ2n) is 11.7. The smallest absolute Gasteiger partial charge is 0.309 e. The van der Waals surface area contributed by atoms with E-state index in [1.54, 1.807) is 42.5 Å². The number of benzene rings is 3. The van der Waals surface area contributed by atoms with Crippen molar-refractivity contribution in [3.8, 4) is 21.9 Å². The highest BCUT2D eigenvalue weighted by Gasteiger charge is 2.23. The quantitative estimate of drug-likeness (QED) is 0.0923. The summed E-state index contributed by atoms with van der Waals surface area (Å²) < 4.78 is 61.0. The SMILES string of the molecule is CCCCS(=O)(=O)Oc1ccc(-c2sc3cc(OS(=O)(=O)CCCC)ccc3c2C(=O)c2ccc(CN3CCCCC3)cc2)cc1. The van der Waals surface area contributed by atoms with Crippen molar-refractivity contribution in [2.75, 3.05) is 24.6 Å². The first kappa shape index (κ1) is 34.1. The van der Waals surface area contributed by atoms with E-state index in [2.05, 4.69) is 4.90 Å². The number of unbranched alkanes of at least 4 members (excludes halogenated alkanes) is 2. The van der Waals surface area contributed by atoms with E-state index in [4.69, 9.17) is 8.37 Å². The Bertz CT molecular complexity index is 1860. The van der Waals surface area contributed by atoms with Crippen LogP contribution in [0.4, 0.5) is 0 Å². The van der Waals surface area contributed by atoms with Crippen molar-refractivity contribution in [2.45, 2.75) is 65.3 Å². The molecule has 8 nitrogen and oxygen atoms in total. The highest BCUT2D eigenvalue weighted by molar-refractivity contribution is 7.87. The van der Waals surface area contributed by atoms with Gasteiger partial charge in [-0.25, -0.2) is 0 Å². The fourth-order valence-corrected chi connectivity index (χ4v) is 9.01. The molecule has 1 aliphatic rings. The number of carbonyl (C=O) groups excluding carboxylic acids is 1. The zero-order chi connectivity index (χ0) is 32.7. The molecule has 1 fully saturated rings. The number of nitrogens with zero attached hydrogens (tertiary/aromatic N) is 1. The molecule has 0 atom stereocenters. The topological polar surface area (TPSA) is 107 Å². The van der Waals surface area contributed by atoms with Gasteiger partial charge in [0.2, 0.25) is 0 Å². The van der Waals surface area contributed by atoms with Gasteiger partial charge in [-0.1, -0.05) is 57.4 Å². The van der Waals surface area contributed by atoms with Crippen molar-refractivity contribution >= 4 is 47.4 Å². The van der Waals surface area contributed by atoms with Gasteiger partial charge in [0.15, 0.2) is 5.78 Å². The molecule has 0 N–H and O–H groups in total. The summed E-state index contributed by atoms with van der Waals surface area (Å²) >= 11 is 1.35. The number of ketones is 1. The molecular formula is C35H41NO7S3. The van der Waals surface area contributed by atoms with Crippen molar-refractivity contribution in [2.24, 2.45) is 0 Å². The monoisotopic (exact) mass is 683 g/mol. The molecule has 5 rings (SSSR count). The molecule has 0 saturated carbocycles. The first-order chi connectivity index (χ1) is 22.1. The lowest BCUT2D eigenvalue weighted by Crippen LogP contribution is -2.29. The van der Waals surface area contributed by atoms with Gasteiger partial charge in [0.05, 0.1) is 11.5 Å². The second kappa shape index (κ2) is 15.1. The maximum Gasteiger partial charge on any atom is 0.309 e. The Kier molecular flexibility index (Phi) is 11.2. The van der Waals surface area contributed by atoms with Gasteiger partial charge >= 0.3 is 20.2 Å². The third-order valence-electron chi connectivity index (χ3n) is 8.02. The van der Waals surface area contributed by atoms with Crippen molar-refractivity contribution < 1.29 is 30.0 Å². The maximum atomic E-state index is 14.2. The van der Waals surface area contributed by atoms with Gasteiger partial charge in [0, 0.05) is 32.6 Å². The Balaban J connectivity index is 1.48. The molecule has 1 aromatic heterocycles. The summed E-state index contributed by atoms with van der Waals surface area (Å²) in [4.78, 5) is 17.3. The van der Waals surface area contributed by atoms with Crippen molar-refractivity contribution in [1.29, 1.82) is 0 Å². The van der Waals surface area contributed by atoms with Gasteiger partial charge in [-0.3, -0.25) is 9.69 Å². The van der Waals surface area contributed by atoms with Crippen LogP contribution in [-0.2, 0) is 26.8 Å². The molecule has 4 aromatic rings. The minimum atomic E-state index is -3.75. The first-order valence-electron chi connectivity index (χ1n) is 15.9. The minimum Gasteiger partial charge on any atom is -0.382 e. The van der Waals surface area contributed by atoms with Gasteiger partial charge < -0.3 is 8.37 Å². The molecule has 1 aliphatic heterocycles. The van der Waals surface area contributed by atoms with E-state index in [0.717, 1.165) is 38.0 Å². The third-order valence-corrected chi connectivity index (χ3v) is 11.7. The summed E-state index contributed by atoms with van der Waals surface area (Å²) in [5.74, 6) is 0.106. The molecule has 1 saturated heterocycles. The molecule has 246 valence electrons. The number of carbonyl (C=O) groups is 1. The van der Waals surface area contributed by atoms with E-state index >= 15 is 0 Å². The number of hydrogen-bond donors (Lipinski definition) is 0. The van der Waals surface area contributed by atoms with Gasteiger partial charge in [-0.05, 0) is 92.4 Å². The van der Waals surface area contributed by atoms with Gasteiger partial charge in [0.25, 0.3) is 0 Å². The zero-order valence-electron chi connectivity index (χ0n) is 26.4. The Morgan fingerprint density at radius 3 is 1.96 bits per heavy atom. The number of likely N-dealkylation sites (tertiary alicyclic amines) is 1. The molecule has 2 heterocycles. The third kappa shape index (κ3) is 8.76. The van der Waals surface area contributed by atoms with Crippen molar-refractivity contribution in [3.63, 3.8) is 0 Å². The predicted octanol–water partition coefficient (Wildman–Crippen LogP) is 7.80. The molecule has 0 amide bonds. The summed E-state index contributed by atoms with van der Waals surface area (Å²) in [5.41, 5.74) is 2.91. The van der Waals surface area contributed by atoms with Gasteiger partial charge in [-0.15, -0.1) is 11.3 Å². The summed E-state index contributed by atoms with van der Waals surface area (Å²) in [6.45, 7) is 6.86. The Labute approximate surface area is 276 Å². The molecule has 11 heteroatoms. The highest BCUT2D eigenvalue weighted by Crippen LogP contribution is 2.42. The van der Waals surface area contributed by atoms with Crippen LogP contribution in [0, 0.1) is 0 Å². The van der Waals surface area contributed by atoms with E-state index < -0.39 is 20.2 Å². The fraction of sp³-hybridized carbons (Fsp3) is 0.400. The Morgan fingerprint density at radius 2 is 1.35 bits per heavy atom. The van der Waals surface area contributed by atoms with Crippen LogP contribution in [0.15, 0.2) is 66.7 Å². The molecule has 0 bridgehead atoms. The van der Waals surface area contributed by atoms with Gasteiger partial charge in [0.1, 0.15) is 11.5 Å². The largest absolute Gasteiger partial charge is 0.382 e. The second-order valence-corrected chi connectivity index (χ2v) is 16.2. The minimum absolute atomic E-state index is 0.0599. The molecule has 0 aliphatic carbocycles. The lowest BCUT2D eigenvalue weighted by molar-refractivity contribution is 0.104. The van der Waals surface area contributed by atoms with E-state index in [0.29, 0.717) is 44.5 Å². The van der Waals surface area contributed by atoms with Crippen LogP contribution in [0.5, 0.6) is 11.5 Å². The van der Waals surface area contributed by atoms with Crippen LogP contribution >= 0.6 is 11.3 Å². The van der Waals surface area contributed by atoms with E-state index in [9.17, 15) is 21.6 Å². The molecule has 46 heavy (non-hydrogen) atoms. The average Bonchev–Trinajstić information content (AvgIpc) is 3.42. The summed E-state index contributed by atoms with van der Waals surface area (Å²) in [7, 11) is -7.46. The molecule has 0 spiro atoms. The van der Waals surface area contributed by atoms with Crippen LogP contribution in [0.2, 0.25) is 0 Å².